The van der Waals surface area contributed by atoms with Crippen LogP contribution in [0.3, 0.4) is 0 Å². The Bertz CT molecular complexity index is 1160. The van der Waals surface area contributed by atoms with Gasteiger partial charge in [-0.25, -0.2) is 0 Å². The van der Waals surface area contributed by atoms with Crippen molar-refractivity contribution in [3.63, 3.8) is 0 Å². The van der Waals surface area contributed by atoms with Gasteiger partial charge in [-0.05, 0) is 30.3 Å². The Kier molecular flexibility index (Phi) is 4.94. The van der Waals surface area contributed by atoms with Crippen molar-refractivity contribution in [2.75, 3.05) is 7.11 Å². The van der Waals surface area contributed by atoms with Gasteiger partial charge in [0.1, 0.15) is 5.75 Å². The van der Waals surface area contributed by atoms with Gasteiger partial charge in [0.2, 0.25) is 0 Å². The molecular formula is C20H20N6O3. The summed E-state index contributed by atoms with van der Waals surface area (Å²) in [5.74, 6) is 2.29. The van der Waals surface area contributed by atoms with Crippen molar-refractivity contribution in [1.82, 2.24) is 30.1 Å². The number of nitrogens with one attached hydrogen (secondary N) is 1. The summed E-state index contributed by atoms with van der Waals surface area (Å²) < 4.78 is 12.3. The summed E-state index contributed by atoms with van der Waals surface area (Å²) in [7, 11) is 1.56. The number of hydrogen-bond acceptors (Lipinski definition) is 7. The molecule has 4 rings (SSSR count). The second-order valence-electron chi connectivity index (χ2n) is 6.79. The molecule has 3 heterocycles. The number of hydrogen-bond donors (Lipinski definition) is 1. The van der Waals surface area contributed by atoms with Gasteiger partial charge in [-0.3, -0.25) is 9.20 Å². The Hall–Kier alpha value is -3.75. The Morgan fingerprint density at radius 3 is 2.86 bits per heavy atom. The lowest BCUT2D eigenvalue weighted by Crippen LogP contribution is -2.24. The largest absolute Gasteiger partial charge is 0.497 e. The number of amides is 1. The van der Waals surface area contributed by atoms with E-state index >= 15 is 0 Å². The zero-order chi connectivity index (χ0) is 20.4. The van der Waals surface area contributed by atoms with Crippen molar-refractivity contribution in [1.29, 1.82) is 0 Å². The van der Waals surface area contributed by atoms with E-state index in [0.717, 1.165) is 5.56 Å². The lowest BCUT2D eigenvalue weighted by molar-refractivity contribution is 0.0949. The highest BCUT2D eigenvalue weighted by molar-refractivity contribution is 5.94. The van der Waals surface area contributed by atoms with E-state index in [9.17, 15) is 4.79 Å². The fourth-order valence-electron chi connectivity index (χ4n) is 2.81. The molecule has 0 radical (unpaired) electrons. The van der Waals surface area contributed by atoms with Crippen molar-refractivity contribution in [3.05, 3.63) is 59.8 Å². The maximum atomic E-state index is 12.4. The number of benzene rings is 1. The molecule has 29 heavy (non-hydrogen) atoms. The smallest absolute Gasteiger partial charge is 0.258 e. The second kappa shape index (κ2) is 7.70. The van der Waals surface area contributed by atoms with Crippen LogP contribution in [0.25, 0.3) is 17.1 Å². The number of carbonyl (C=O) groups is 1. The van der Waals surface area contributed by atoms with E-state index in [1.54, 1.807) is 35.8 Å². The van der Waals surface area contributed by atoms with Crippen molar-refractivity contribution >= 4 is 11.6 Å². The monoisotopic (exact) mass is 392 g/mol. The normalized spacial score (nSPS) is 11.2. The minimum absolute atomic E-state index is 0.184. The molecule has 4 aromatic rings. The van der Waals surface area contributed by atoms with E-state index in [1.165, 1.54) is 0 Å². The van der Waals surface area contributed by atoms with Gasteiger partial charge < -0.3 is 14.6 Å². The second-order valence-corrected chi connectivity index (χ2v) is 6.79. The van der Waals surface area contributed by atoms with E-state index in [1.807, 2.05) is 32.2 Å². The summed E-state index contributed by atoms with van der Waals surface area (Å²) in [5.41, 5.74) is 1.89. The molecule has 1 amide bonds. The van der Waals surface area contributed by atoms with E-state index in [2.05, 4.69) is 25.7 Å². The maximum absolute atomic E-state index is 12.4. The molecule has 0 fully saturated rings. The van der Waals surface area contributed by atoms with Crippen LogP contribution in [-0.2, 0) is 6.54 Å². The summed E-state index contributed by atoms with van der Waals surface area (Å²) in [4.78, 5) is 16.8. The predicted octanol–water partition coefficient (Wildman–Crippen LogP) is 2.84. The number of pyridine rings is 1. The van der Waals surface area contributed by atoms with Gasteiger partial charge in [0, 0.05) is 23.2 Å². The quantitative estimate of drug-likeness (QED) is 0.537. The van der Waals surface area contributed by atoms with Gasteiger partial charge in [0.05, 0.1) is 13.7 Å². The van der Waals surface area contributed by atoms with Crippen molar-refractivity contribution in [2.24, 2.45) is 0 Å². The molecule has 148 valence electrons. The molecule has 0 aliphatic heterocycles. The topological polar surface area (TPSA) is 107 Å². The van der Waals surface area contributed by atoms with Gasteiger partial charge >= 0.3 is 0 Å². The minimum atomic E-state index is -0.218. The van der Waals surface area contributed by atoms with Crippen LogP contribution in [-0.4, -0.2) is 37.8 Å². The first-order valence-electron chi connectivity index (χ1n) is 9.15. The number of nitrogens with zero attached hydrogens (tertiary/aromatic N) is 5. The van der Waals surface area contributed by atoms with Gasteiger partial charge in [-0.1, -0.05) is 25.1 Å². The molecule has 9 nitrogen and oxygen atoms in total. The molecule has 0 aliphatic rings. The van der Waals surface area contributed by atoms with E-state index < -0.39 is 0 Å². The highest BCUT2D eigenvalue weighted by atomic mass is 16.5. The minimum Gasteiger partial charge on any atom is -0.497 e. The molecule has 0 saturated heterocycles. The summed E-state index contributed by atoms with van der Waals surface area (Å²) in [5, 5.41) is 15.2. The number of ether oxygens (including phenoxy) is 1. The Balaban J connectivity index is 1.50. The molecule has 3 aromatic heterocycles. The first-order valence-corrected chi connectivity index (χ1v) is 9.15. The molecule has 1 aromatic carbocycles. The number of rotatable bonds is 6. The van der Waals surface area contributed by atoms with Crippen LogP contribution >= 0.6 is 0 Å². The number of aromatic nitrogens is 5. The summed E-state index contributed by atoms with van der Waals surface area (Å²) >= 11 is 0. The van der Waals surface area contributed by atoms with Crippen LogP contribution in [0.5, 0.6) is 5.75 Å². The van der Waals surface area contributed by atoms with Gasteiger partial charge in [-0.15, -0.1) is 10.2 Å². The van der Waals surface area contributed by atoms with Crippen LogP contribution in [0, 0.1) is 0 Å². The first-order chi connectivity index (χ1) is 14.0. The van der Waals surface area contributed by atoms with Gasteiger partial charge in [0.25, 0.3) is 11.8 Å². The zero-order valence-electron chi connectivity index (χ0n) is 16.3. The molecule has 0 spiro atoms. The van der Waals surface area contributed by atoms with Crippen molar-refractivity contribution < 1.29 is 14.1 Å². The number of carbonyl (C=O) groups excluding carboxylic acids is 1. The lowest BCUT2D eigenvalue weighted by Gasteiger charge is -2.06. The van der Waals surface area contributed by atoms with E-state index in [4.69, 9.17) is 9.26 Å². The maximum Gasteiger partial charge on any atom is 0.258 e. The molecule has 0 unspecified atom stereocenters. The Morgan fingerprint density at radius 1 is 1.24 bits per heavy atom. The van der Waals surface area contributed by atoms with Crippen molar-refractivity contribution in [2.45, 2.75) is 26.3 Å². The average Bonchev–Trinajstić information content (AvgIpc) is 3.39. The molecule has 0 saturated carbocycles. The zero-order valence-corrected chi connectivity index (χ0v) is 16.3. The first kappa shape index (κ1) is 18.6. The molecule has 9 heteroatoms. The van der Waals surface area contributed by atoms with Gasteiger partial charge in [0.15, 0.2) is 17.3 Å². The summed E-state index contributed by atoms with van der Waals surface area (Å²) in [6.07, 6.45) is 1.82. The number of methoxy groups -OCH3 is 1. The SMILES string of the molecule is COc1cccc(C(=O)NCc2nnc3cc(-c4nc(C(C)C)no4)ccn23)c1. The highest BCUT2D eigenvalue weighted by Crippen LogP contribution is 2.21. The Labute approximate surface area is 166 Å². The van der Waals surface area contributed by atoms with Crippen LogP contribution < -0.4 is 10.1 Å². The fraction of sp³-hybridized carbons (Fsp3) is 0.250. The highest BCUT2D eigenvalue weighted by Gasteiger charge is 2.14. The standard InChI is InChI=1S/C20H20N6O3/c1-12(2)18-22-20(29-25-18)14-7-8-26-16(10-14)23-24-17(26)11-21-19(27)13-5-4-6-15(9-13)28-3/h4-10,12H,11H2,1-3H3,(H,21,27). The molecule has 0 aliphatic carbocycles. The molecular weight excluding hydrogens is 372 g/mol. The Morgan fingerprint density at radius 2 is 2.10 bits per heavy atom. The molecule has 0 atom stereocenters. The fourth-order valence-corrected chi connectivity index (χ4v) is 2.81. The van der Waals surface area contributed by atoms with Crippen LogP contribution in [0.1, 0.15) is 41.8 Å². The van der Waals surface area contributed by atoms with Crippen LogP contribution in [0.15, 0.2) is 47.1 Å². The third kappa shape index (κ3) is 3.79. The average molecular weight is 392 g/mol. The predicted molar refractivity (Wildman–Crippen MR) is 105 cm³/mol. The molecule has 1 N–H and O–H groups in total. The number of fused-ring (bicyclic) bond motifs is 1. The summed E-state index contributed by atoms with van der Waals surface area (Å²) in [6.45, 7) is 4.24. The van der Waals surface area contributed by atoms with E-state index in [0.29, 0.717) is 34.5 Å². The van der Waals surface area contributed by atoms with Crippen LogP contribution in [0.4, 0.5) is 0 Å². The third-order valence-corrected chi connectivity index (χ3v) is 4.42. The van der Waals surface area contributed by atoms with E-state index in [-0.39, 0.29) is 18.4 Å². The van der Waals surface area contributed by atoms with Crippen molar-refractivity contribution in [3.8, 4) is 17.2 Å². The summed E-state index contributed by atoms with van der Waals surface area (Å²) in [6, 6.07) is 10.6. The van der Waals surface area contributed by atoms with Crippen LogP contribution in [0.2, 0.25) is 0 Å². The lowest BCUT2D eigenvalue weighted by atomic mass is 10.2. The third-order valence-electron chi connectivity index (χ3n) is 4.42. The molecule has 0 bridgehead atoms. The van der Waals surface area contributed by atoms with Gasteiger partial charge in [-0.2, -0.15) is 4.98 Å².